The lowest BCUT2D eigenvalue weighted by atomic mass is 9.98. The number of carboxylic acids is 1. The molecule has 28 heavy (non-hydrogen) atoms. The van der Waals surface area contributed by atoms with Gasteiger partial charge in [0.15, 0.2) is 0 Å². The van der Waals surface area contributed by atoms with Crippen LogP contribution in [-0.2, 0) is 4.79 Å². The maximum absolute atomic E-state index is 12.8. The monoisotopic (exact) mass is 394 g/mol. The van der Waals surface area contributed by atoms with Crippen molar-refractivity contribution >= 4 is 23.5 Å². The molecule has 0 aliphatic carbocycles. The smallest absolute Gasteiger partial charge is 0.305 e. The van der Waals surface area contributed by atoms with Crippen molar-refractivity contribution in [1.82, 2.24) is 10.3 Å². The number of pyridine rings is 1. The summed E-state index contributed by atoms with van der Waals surface area (Å²) in [6.45, 7) is 1.88. The van der Waals surface area contributed by atoms with Crippen LogP contribution in [0.4, 0.5) is 0 Å². The molecule has 0 radical (unpaired) electrons. The van der Waals surface area contributed by atoms with E-state index in [0.717, 1.165) is 16.7 Å². The van der Waals surface area contributed by atoms with Crippen LogP contribution in [0.3, 0.4) is 0 Å². The van der Waals surface area contributed by atoms with Crippen molar-refractivity contribution in [2.24, 2.45) is 0 Å². The van der Waals surface area contributed by atoms with Crippen LogP contribution in [0.5, 0.6) is 0 Å². The molecule has 0 spiro atoms. The number of halogens is 1. The summed E-state index contributed by atoms with van der Waals surface area (Å²) in [5, 5.41) is 12.6. The Kier molecular flexibility index (Phi) is 6.06. The van der Waals surface area contributed by atoms with E-state index in [4.69, 9.17) is 11.6 Å². The molecule has 3 rings (SSSR count). The van der Waals surface area contributed by atoms with Crippen LogP contribution in [0.25, 0.3) is 11.1 Å². The van der Waals surface area contributed by atoms with Gasteiger partial charge in [-0.2, -0.15) is 0 Å². The third kappa shape index (κ3) is 4.56. The van der Waals surface area contributed by atoms with Crippen LogP contribution in [0.2, 0.25) is 5.02 Å². The largest absolute Gasteiger partial charge is 0.481 e. The van der Waals surface area contributed by atoms with Crippen LogP contribution in [-0.4, -0.2) is 22.0 Å². The maximum atomic E-state index is 12.8. The molecule has 1 heterocycles. The number of aryl methyl sites for hydroxylation is 1. The van der Waals surface area contributed by atoms with Gasteiger partial charge in [-0.15, -0.1) is 0 Å². The second-order valence-corrected chi connectivity index (χ2v) is 6.83. The van der Waals surface area contributed by atoms with E-state index in [2.05, 4.69) is 10.3 Å². The number of rotatable bonds is 6. The average molecular weight is 395 g/mol. The summed E-state index contributed by atoms with van der Waals surface area (Å²) in [7, 11) is 0. The molecule has 2 aromatic carbocycles. The summed E-state index contributed by atoms with van der Waals surface area (Å²) in [5.74, 6) is -1.38. The van der Waals surface area contributed by atoms with Crippen LogP contribution in [0.1, 0.15) is 33.9 Å². The number of benzene rings is 2. The topological polar surface area (TPSA) is 79.3 Å². The zero-order valence-corrected chi connectivity index (χ0v) is 16.0. The van der Waals surface area contributed by atoms with E-state index < -0.39 is 17.9 Å². The van der Waals surface area contributed by atoms with Crippen LogP contribution >= 0.6 is 11.6 Å². The summed E-state index contributed by atoms with van der Waals surface area (Å²) in [5.41, 5.74) is 3.50. The van der Waals surface area contributed by atoms with Crippen molar-refractivity contribution in [2.45, 2.75) is 19.4 Å². The number of hydrogen-bond acceptors (Lipinski definition) is 3. The van der Waals surface area contributed by atoms with Crippen molar-refractivity contribution in [3.05, 3.63) is 88.7 Å². The number of nitrogens with one attached hydrogen (secondary N) is 1. The van der Waals surface area contributed by atoms with Crippen molar-refractivity contribution < 1.29 is 14.7 Å². The number of aliphatic carboxylic acids is 1. The second-order valence-electron chi connectivity index (χ2n) is 6.42. The molecule has 0 fully saturated rings. The predicted octanol–water partition coefficient (Wildman–Crippen LogP) is 4.66. The number of carbonyl (C=O) groups is 2. The molecular formula is C22H19ClN2O3. The fourth-order valence-corrected chi connectivity index (χ4v) is 3.28. The number of amides is 1. The molecule has 0 saturated heterocycles. The summed E-state index contributed by atoms with van der Waals surface area (Å²) >= 11 is 6.24. The van der Waals surface area contributed by atoms with E-state index in [1.54, 1.807) is 18.3 Å². The van der Waals surface area contributed by atoms with Gasteiger partial charge in [0.05, 0.1) is 18.0 Å². The molecule has 6 heteroatoms. The minimum atomic E-state index is -0.989. The van der Waals surface area contributed by atoms with E-state index in [1.165, 1.54) is 6.20 Å². The number of carboxylic acid groups (broad SMARTS) is 1. The van der Waals surface area contributed by atoms with Gasteiger partial charge in [0, 0.05) is 28.5 Å². The van der Waals surface area contributed by atoms with Gasteiger partial charge < -0.3 is 10.4 Å². The molecule has 0 saturated carbocycles. The van der Waals surface area contributed by atoms with Crippen molar-refractivity contribution in [2.75, 3.05) is 0 Å². The molecule has 1 aromatic heterocycles. The van der Waals surface area contributed by atoms with Crippen molar-refractivity contribution in [3.63, 3.8) is 0 Å². The Hall–Kier alpha value is -3.18. The maximum Gasteiger partial charge on any atom is 0.305 e. The lowest BCUT2D eigenvalue weighted by Crippen LogP contribution is -2.30. The molecule has 1 amide bonds. The van der Waals surface area contributed by atoms with Crippen molar-refractivity contribution in [3.8, 4) is 11.1 Å². The van der Waals surface area contributed by atoms with E-state index in [0.29, 0.717) is 16.1 Å². The van der Waals surface area contributed by atoms with E-state index >= 15 is 0 Å². The van der Waals surface area contributed by atoms with Crippen LogP contribution in [0, 0.1) is 6.92 Å². The van der Waals surface area contributed by atoms with Gasteiger partial charge in [0.1, 0.15) is 0 Å². The zero-order valence-electron chi connectivity index (χ0n) is 15.2. The number of nitrogens with zero attached hydrogens (tertiary/aromatic N) is 1. The third-order valence-corrected chi connectivity index (χ3v) is 4.76. The Morgan fingerprint density at radius 3 is 2.54 bits per heavy atom. The summed E-state index contributed by atoms with van der Waals surface area (Å²) < 4.78 is 0. The molecule has 2 N–H and O–H groups in total. The number of hydrogen-bond donors (Lipinski definition) is 2. The van der Waals surface area contributed by atoms with Gasteiger partial charge >= 0.3 is 5.97 Å². The fourth-order valence-electron chi connectivity index (χ4n) is 3.04. The minimum Gasteiger partial charge on any atom is -0.481 e. The number of carbonyl (C=O) groups excluding carboxylic acids is 1. The van der Waals surface area contributed by atoms with Gasteiger partial charge in [-0.25, -0.2) is 0 Å². The first kappa shape index (κ1) is 19.6. The van der Waals surface area contributed by atoms with Gasteiger partial charge in [0.2, 0.25) is 0 Å². The Bertz CT molecular complexity index is 1020. The molecule has 3 aromatic rings. The molecular weight excluding hydrogens is 376 g/mol. The predicted molar refractivity (Wildman–Crippen MR) is 108 cm³/mol. The summed E-state index contributed by atoms with van der Waals surface area (Å²) in [4.78, 5) is 28.3. The highest BCUT2D eigenvalue weighted by Crippen LogP contribution is 2.28. The molecule has 5 nitrogen and oxygen atoms in total. The first-order valence-electron chi connectivity index (χ1n) is 8.74. The van der Waals surface area contributed by atoms with E-state index in [-0.39, 0.29) is 6.42 Å². The molecule has 0 aliphatic heterocycles. The van der Waals surface area contributed by atoms with Gasteiger partial charge in [-0.05, 0) is 30.2 Å². The Morgan fingerprint density at radius 2 is 1.82 bits per heavy atom. The highest BCUT2D eigenvalue weighted by molar-refractivity contribution is 6.33. The van der Waals surface area contributed by atoms with Crippen LogP contribution in [0.15, 0.2) is 67.0 Å². The zero-order chi connectivity index (χ0) is 20.1. The Balaban J connectivity index is 1.88. The highest BCUT2D eigenvalue weighted by Gasteiger charge is 2.21. The molecule has 0 aliphatic rings. The van der Waals surface area contributed by atoms with Gasteiger partial charge in [-0.1, -0.05) is 54.1 Å². The van der Waals surface area contributed by atoms with E-state index in [1.807, 2.05) is 49.4 Å². The second kappa shape index (κ2) is 8.67. The van der Waals surface area contributed by atoms with Crippen molar-refractivity contribution in [1.29, 1.82) is 0 Å². The lowest BCUT2D eigenvalue weighted by Gasteiger charge is -2.19. The minimum absolute atomic E-state index is 0.214. The van der Waals surface area contributed by atoms with Gasteiger partial charge in [-0.3, -0.25) is 14.6 Å². The van der Waals surface area contributed by atoms with Crippen LogP contribution < -0.4 is 5.32 Å². The summed E-state index contributed by atoms with van der Waals surface area (Å²) in [6.07, 6.45) is 2.87. The first-order valence-corrected chi connectivity index (χ1v) is 9.11. The van der Waals surface area contributed by atoms with Gasteiger partial charge in [0.25, 0.3) is 5.91 Å². The lowest BCUT2D eigenvalue weighted by molar-refractivity contribution is -0.137. The summed E-state index contributed by atoms with van der Waals surface area (Å²) in [6, 6.07) is 15.8. The standard InChI is InChI=1S/C22H19ClN2O3/c1-14-6-2-3-7-17(14)20(11-21(26)27)25-22(28)16-10-15(12-24-13-16)18-8-4-5-9-19(18)23/h2-10,12-13,20H,11H2,1H3,(H,25,28)(H,26,27)/t20-/m0/s1. The Labute approximate surface area is 168 Å². The number of aromatic nitrogens is 1. The quantitative estimate of drug-likeness (QED) is 0.637. The molecule has 0 bridgehead atoms. The fraction of sp³-hybridized carbons (Fsp3) is 0.136. The first-order chi connectivity index (χ1) is 13.5. The normalized spacial score (nSPS) is 11.6. The molecule has 142 valence electrons. The molecule has 1 atom stereocenters. The van der Waals surface area contributed by atoms with E-state index in [9.17, 15) is 14.7 Å². The highest BCUT2D eigenvalue weighted by atomic mass is 35.5. The Morgan fingerprint density at radius 1 is 1.11 bits per heavy atom. The SMILES string of the molecule is Cc1ccccc1[C@H](CC(=O)O)NC(=O)c1cncc(-c2ccccc2Cl)c1. The molecule has 0 unspecified atom stereocenters. The average Bonchev–Trinajstić information content (AvgIpc) is 2.68. The third-order valence-electron chi connectivity index (χ3n) is 4.43.